The number of fused-ring (bicyclic) bond motifs is 1. The number of benzene rings is 2. The number of hydrogen-bond acceptors (Lipinski definition) is 10. The summed E-state index contributed by atoms with van der Waals surface area (Å²) in [5, 5.41) is 8.12. The third-order valence-corrected chi connectivity index (χ3v) is 5.64. The topological polar surface area (TPSA) is 143 Å². The number of carbonyl (C=O) groups is 1. The van der Waals surface area contributed by atoms with E-state index in [1.165, 1.54) is 0 Å². The predicted molar refractivity (Wildman–Crippen MR) is 138 cm³/mol. The molecule has 11 nitrogen and oxygen atoms in total. The highest BCUT2D eigenvalue weighted by Crippen LogP contribution is 2.28. The first-order valence-corrected chi connectivity index (χ1v) is 11.4. The SMILES string of the molecule is COc1ccccc1Nc1nc(N)nc(COC(=O)c2cc(-c3ccccc3)nc3c2c(C)nn3C)n1. The molecule has 3 aromatic heterocycles. The molecule has 3 N–H and O–H groups in total. The first-order chi connectivity index (χ1) is 17.9. The molecule has 0 aliphatic rings. The highest BCUT2D eigenvalue weighted by molar-refractivity contribution is 6.05. The quantitative estimate of drug-likeness (QED) is 0.319. The van der Waals surface area contributed by atoms with Crippen molar-refractivity contribution in [3.8, 4) is 17.0 Å². The van der Waals surface area contributed by atoms with Gasteiger partial charge >= 0.3 is 5.97 Å². The molecule has 3 heterocycles. The molecule has 186 valence electrons. The van der Waals surface area contributed by atoms with Crippen LogP contribution in [0.1, 0.15) is 21.9 Å². The van der Waals surface area contributed by atoms with Gasteiger partial charge < -0.3 is 20.5 Å². The largest absolute Gasteiger partial charge is 0.495 e. The number of rotatable bonds is 7. The van der Waals surface area contributed by atoms with Gasteiger partial charge in [0.25, 0.3) is 0 Å². The van der Waals surface area contributed by atoms with Crippen molar-refractivity contribution in [2.45, 2.75) is 13.5 Å². The summed E-state index contributed by atoms with van der Waals surface area (Å²) in [6.07, 6.45) is 0. The second-order valence-corrected chi connectivity index (χ2v) is 8.16. The van der Waals surface area contributed by atoms with E-state index in [0.29, 0.717) is 39.4 Å². The Hall–Kier alpha value is -5.06. The first-order valence-electron chi connectivity index (χ1n) is 11.4. The van der Waals surface area contributed by atoms with Crippen LogP contribution in [0.4, 0.5) is 17.6 Å². The summed E-state index contributed by atoms with van der Waals surface area (Å²) in [7, 11) is 3.35. The summed E-state index contributed by atoms with van der Waals surface area (Å²) in [5.74, 6) is 0.425. The number of aryl methyl sites for hydroxylation is 2. The Bertz CT molecular complexity index is 1600. The zero-order valence-electron chi connectivity index (χ0n) is 20.5. The molecule has 0 atom stereocenters. The molecule has 0 aliphatic carbocycles. The number of nitrogens with zero attached hydrogens (tertiary/aromatic N) is 6. The van der Waals surface area contributed by atoms with Crippen LogP contribution in [0, 0.1) is 6.92 Å². The van der Waals surface area contributed by atoms with Crippen molar-refractivity contribution >= 4 is 34.6 Å². The molecular weight excluding hydrogens is 472 g/mol. The number of para-hydroxylation sites is 2. The van der Waals surface area contributed by atoms with Crippen LogP contribution < -0.4 is 15.8 Å². The highest BCUT2D eigenvalue weighted by atomic mass is 16.5. The maximum absolute atomic E-state index is 13.3. The van der Waals surface area contributed by atoms with Gasteiger partial charge in [0, 0.05) is 12.6 Å². The maximum atomic E-state index is 13.3. The normalized spacial score (nSPS) is 10.9. The molecule has 0 saturated heterocycles. The third-order valence-electron chi connectivity index (χ3n) is 5.64. The molecule has 0 spiro atoms. The van der Waals surface area contributed by atoms with Gasteiger partial charge in [-0.1, -0.05) is 42.5 Å². The number of nitrogen functional groups attached to an aromatic ring is 1. The number of ether oxygens (including phenoxy) is 2. The minimum atomic E-state index is -0.557. The molecule has 0 saturated carbocycles. The van der Waals surface area contributed by atoms with Crippen molar-refractivity contribution in [2.24, 2.45) is 7.05 Å². The van der Waals surface area contributed by atoms with Gasteiger partial charge in [-0.05, 0) is 25.1 Å². The van der Waals surface area contributed by atoms with Crippen LogP contribution in [0.5, 0.6) is 5.75 Å². The highest BCUT2D eigenvalue weighted by Gasteiger charge is 2.21. The molecule has 0 radical (unpaired) electrons. The monoisotopic (exact) mass is 496 g/mol. The van der Waals surface area contributed by atoms with Gasteiger partial charge in [0.1, 0.15) is 5.75 Å². The molecule has 0 fully saturated rings. The average Bonchev–Trinajstić information content (AvgIpc) is 3.20. The number of aromatic nitrogens is 6. The lowest BCUT2D eigenvalue weighted by atomic mass is 10.1. The Kier molecular flexibility index (Phi) is 6.33. The van der Waals surface area contributed by atoms with Gasteiger partial charge in [0.15, 0.2) is 18.1 Å². The number of pyridine rings is 1. The van der Waals surface area contributed by atoms with Crippen LogP contribution in [0.3, 0.4) is 0 Å². The molecule has 37 heavy (non-hydrogen) atoms. The van der Waals surface area contributed by atoms with E-state index >= 15 is 0 Å². The molecule has 0 bridgehead atoms. The summed E-state index contributed by atoms with van der Waals surface area (Å²) in [4.78, 5) is 30.6. The summed E-state index contributed by atoms with van der Waals surface area (Å²) >= 11 is 0. The summed E-state index contributed by atoms with van der Waals surface area (Å²) in [6.45, 7) is 1.61. The Morgan fingerprint density at radius 3 is 2.57 bits per heavy atom. The van der Waals surface area contributed by atoms with Crippen LogP contribution in [-0.2, 0) is 18.4 Å². The average molecular weight is 497 g/mol. The Morgan fingerprint density at radius 1 is 1.03 bits per heavy atom. The zero-order valence-corrected chi connectivity index (χ0v) is 20.5. The van der Waals surface area contributed by atoms with Crippen LogP contribution in [-0.4, -0.2) is 42.8 Å². The van der Waals surface area contributed by atoms with E-state index in [9.17, 15) is 4.79 Å². The van der Waals surface area contributed by atoms with Crippen LogP contribution in [0.15, 0.2) is 60.7 Å². The number of nitrogens with two attached hydrogens (primary N) is 1. The van der Waals surface area contributed by atoms with Crippen LogP contribution >= 0.6 is 0 Å². The lowest BCUT2D eigenvalue weighted by Gasteiger charge is -2.11. The van der Waals surface area contributed by atoms with E-state index in [0.717, 1.165) is 5.56 Å². The smallest absolute Gasteiger partial charge is 0.339 e. The summed E-state index contributed by atoms with van der Waals surface area (Å²) in [5.41, 5.74) is 9.65. The van der Waals surface area contributed by atoms with Gasteiger partial charge in [-0.15, -0.1) is 0 Å². The van der Waals surface area contributed by atoms with Crippen molar-refractivity contribution in [1.82, 2.24) is 29.7 Å². The van der Waals surface area contributed by atoms with Crippen LogP contribution in [0.2, 0.25) is 0 Å². The maximum Gasteiger partial charge on any atom is 0.339 e. The van der Waals surface area contributed by atoms with E-state index in [1.54, 1.807) is 31.0 Å². The van der Waals surface area contributed by atoms with Crippen molar-refractivity contribution in [3.63, 3.8) is 0 Å². The predicted octanol–water partition coefficient (Wildman–Crippen LogP) is 3.82. The number of nitrogens with one attached hydrogen (secondary N) is 1. The lowest BCUT2D eigenvalue weighted by Crippen LogP contribution is -2.12. The fourth-order valence-electron chi connectivity index (χ4n) is 4.00. The second-order valence-electron chi connectivity index (χ2n) is 8.16. The Balaban J connectivity index is 1.42. The van der Waals surface area contributed by atoms with E-state index in [2.05, 4.69) is 25.4 Å². The van der Waals surface area contributed by atoms with Gasteiger partial charge in [-0.3, -0.25) is 4.68 Å². The molecule has 0 unspecified atom stereocenters. The number of anilines is 3. The van der Waals surface area contributed by atoms with Gasteiger partial charge in [-0.25, -0.2) is 9.78 Å². The Labute approximate surface area is 212 Å². The third kappa shape index (κ3) is 4.87. The molecule has 5 aromatic rings. The van der Waals surface area contributed by atoms with Crippen molar-refractivity contribution in [3.05, 3.63) is 77.7 Å². The number of esters is 1. The minimum Gasteiger partial charge on any atom is -0.495 e. The molecule has 5 rings (SSSR count). The van der Waals surface area contributed by atoms with E-state index < -0.39 is 5.97 Å². The van der Waals surface area contributed by atoms with Gasteiger partial charge in [0.2, 0.25) is 11.9 Å². The molecular formula is C26H24N8O3. The molecule has 11 heteroatoms. The lowest BCUT2D eigenvalue weighted by molar-refractivity contribution is 0.0464. The molecule has 0 amide bonds. The summed E-state index contributed by atoms with van der Waals surface area (Å²) in [6, 6.07) is 18.6. The minimum absolute atomic E-state index is 0.0146. The summed E-state index contributed by atoms with van der Waals surface area (Å²) < 4.78 is 12.6. The standard InChI is InChI=1S/C26H24N8O3/c1-15-22-17(13-19(16-9-5-4-6-10-16)28-23(22)34(2)33-15)24(35)37-14-21-30-25(27)32-26(31-21)29-18-11-7-8-12-20(18)36-3/h4-13H,14H2,1-3H3,(H3,27,29,30,31,32). The number of carbonyl (C=O) groups excluding carboxylic acids is 1. The van der Waals surface area contributed by atoms with E-state index in [4.69, 9.17) is 20.2 Å². The fraction of sp³-hybridized carbons (Fsp3) is 0.154. The van der Waals surface area contributed by atoms with E-state index in [-0.39, 0.29) is 24.3 Å². The number of hydrogen-bond donors (Lipinski definition) is 2. The van der Waals surface area contributed by atoms with Gasteiger partial charge in [0.05, 0.1) is 35.1 Å². The van der Waals surface area contributed by atoms with Crippen molar-refractivity contribution in [1.29, 1.82) is 0 Å². The molecule has 2 aromatic carbocycles. The zero-order chi connectivity index (χ0) is 25.9. The molecule has 0 aliphatic heterocycles. The van der Waals surface area contributed by atoms with Crippen LogP contribution in [0.25, 0.3) is 22.3 Å². The fourth-order valence-corrected chi connectivity index (χ4v) is 4.00. The van der Waals surface area contributed by atoms with Crippen molar-refractivity contribution in [2.75, 3.05) is 18.2 Å². The first kappa shape index (κ1) is 23.7. The van der Waals surface area contributed by atoms with E-state index in [1.807, 2.05) is 55.5 Å². The second kappa shape index (κ2) is 9.90. The number of methoxy groups -OCH3 is 1. The van der Waals surface area contributed by atoms with Crippen molar-refractivity contribution < 1.29 is 14.3 Å². The van der Waals surface area contributed by atoms with Gasteiger partial charge in [-0.2, -0.15) is 20.1 Å². The Morgan fingerprint density at radius 2 is 1.78 bits per heavy atom.